The minimum absolute atomic E-state index is 0.155. The molecule has 0 fully saturated rings. The predicted molar refractivity (Wildman–Crippen MR) is 87.5 cm³/mol. The lowest BCUT2D eigenvalue weighted by atomic mass is 10.1. The molecule has 1 heterocycles. The van der Waals surface area contributed by atoms with Crippen molar-refractivity contribution in [3.63, 3.8) is 0 Å². The molecular weight excluding hydrogens is 286 g/mol. The summed E-state index contributed by atoms with van der Waals surface area (Å²) < 4.78 is 1.50. The second-order valence-corrected chi connectivity index (χ2v) is 5.24. The van der Waals surface area contributed by atoms with Crippen molar-refractivity contribution >= 4 is 34.6 Å². The highest BCUT2D eigenvalue weighted by Crippen LogP contribution is 2.17. The van der Waals surface area contributed by atoms with Crippen LogP contribution in [0.15, 0.2) is 24.4 Å². The van der Waals surface area contributed by atoms with Crippen LogP contribution in [0.3, 0.4) is 0 Å². The van der Waals surface area contributed by atoms with Crippen LogP contribution in [-0.2, 0) is 7.05 Å². The second-order valence-electron chi connectivity index (χ2n) is 4.83. The lowest BCUT2D eigenvalue weighted by Crippen LogP contribution is -2.22. The van der Waals surface area contributed by atoms with E-state index in [4.69, 9.17) is 18.0 Å². The molecule has 4 N–H and O–H groups in total. The van der Waals surface area contributed by atoms with Crippen LogP contribution in [-0.4, -0.2) is 20.8 Å². The Morgan fingerprint density at radius 1 is 1.29 bits per heavy atom. The minimum atomic E-state index is -0.604. The van der Waals surface area contributed by atoms with Crippen LogP contribution in [0.25, 0.3) is 0 Å². The van der Waals surface area contributed by atoms with Gasteiger partial charge in [0.05, 0.1) is 5.69 Å². The number of carbonyl (C=O) groups is 1. The second kappa shape index (κ2) is 5.92. The zero-order chi connectivity index (χ0) is 15.6. The number of benzene rings is 1. The molecule has 0 aliphatic carbocycles. The van der Waals surface area contributed by atoms with Gasteiger partial charge in [-0.2, -0.15) is 5.10 Å². The van der Waals surface area contributed by atoms with Gasteiger partial charge in [-0.3, -0.25) is 9.48 Å². The van der Waals surface area contributed by atoms with E-state index >= 15 is 0 Å². The average molecular weight is 303 g/mol. The molecule has 7 heteroatoms. The molecule has 21 heavy (non-hydrogen) atoms. The number of nitrogens with zero attached hydrogens (tertiary/aromatic N) is 2. The number of anilines is 2. The topological polar surface area (TPSA) is 85.0 Å². The van der Waals surface area contributed by atoms with E-state index in [1.54, 1.807) is 13.2 Å². The average Bonchev–Trinajstić information content (AvgIpc) is 2.74. The van der Waals surface area contributed by atoms with Crippen molar-refractivity contribution in [3.8, 4) is 0 Å². The van der Waals surface area contributed by atoms with Gasteiger partial charge >= 0.3 is 0 Å². The standard InChI is InChI=1S/C14H17N5OS/c1-8-4-5-10(9(2)6-8)16-14(21)17-11-7-19(3)18-12(11)13(15)20/h4-7H,1-3H3,(H2,15,20)(H2,16,17,21). The van der Waals surface area contributed by atoms with Crippen molar-refractivity contribution in [3.05, 3.63) is 41.2 Å². The number of nitrogens with one attached hydrogen (secondary N) is 2. The Kier molecular flexibility index (Phi) is 4.23. The van der Waals surface area contributed by atoms with Gasteiger partial charge in [-0.25, -0.2) is 0 Å². The minimum Gasteiger partial charge on any atom is -0.364 e. The Bertz CT molecular complexity index is 707. The van der Waals surface area contributed by atoms with E-state index in [0.717, 1.165) is 11.3 Å². The smallest absolute Gasteiger partial charge is 0.271 e. The molecule has 2 rings (SSSR count). The maximum absolute atomic E-state index is 11.3. The van der Waals surface area contributed by atoms with Crippen LogP contribution in [0, 0.1) is 13.8 Å². The van der Waals surface area contributed by atoms with Crippen molar-refractivity contribution in [2.24, 2.45) is 12.8 Å². The summed E-state index contributed by atoms with van der Waals surface area (Å²) >= 11 is 5.25. The van der Waals surface area contributed by atoms with Gasteiger partial charge in [0.25, 0.3) is 5.91 Å². The highest BCUT2D eigenvalue weighted by Gasteiger charge is 2.14. The van der Waals surface area contributed by atoms with E-state index in [1.165, 1.54) is 10.2 Å². The molecule has 1 aromatic carbocycles. The zero-order valence-electron chi connectivity index (χ0n) is 12.1. The van der Waals surface area contributed by atoms with Gasteiger partial charge in [-0.15, -0.1) is 0 Å². The summed E-state index contributed by atoms with van der Waals surface area (Å²) in [5.74, 6) is -0.604. The van der Waals surface area contributed by atoms with Crippen molar-refractivity contribution in [1.82, 2.24) is 9.78 Å². The van der Waals surface area contributed by atoms with Gasteiger partial charge in [0.15, 0.2) is 10.8 Å². The summed E-state index contributed by atoms with van der Waals surface area (Å²) in [6.07, 6.45) is 1.65. The van der Waals surface area contributed by atoms with Gasteiger partial charge in [-0.05, 0) is 37.7 Å². The van der Waals surface area contributed by atoms with Gasteiger partial charge < -0.3 is 16.4 Å². The van der Waals surface area contributed by atoms with Crippen LogP contribution in [0.2, 0.25) is 0 Å². The number of hydrogen-bond donors (Lipinski definition) is 3. The van der Waals surface area contributed by atoms with Gasteiger partial charge in [-0.1, -0.05) is 17.7 Å². The summed E-state index contributed by atoms with van der Waals surface area (Å²) in [5.41, 5.74) is 9.08. The normalized spacial score (nSPS) is 10.2. The van der Waals surface area contributed by atoms with Gasteiger partial charge in [0.2, 0.25) is 0 Å². The van der Waals surface area contributed by atoms with Crippen molar-refractivity contribution < 1.29 is 4.79 Å². The molecule has 0 radical (unpaired) electrons. The largest absolute Gasteiger partial charge is 0.364 e. The van der Waals surface area contributed by atoms with Crippen LogP contribution < -0.4 is 16.4 Å². The van der Waals surface area contributed by atoms with Crippen LogP contribution in [0.4, 0.5) is 11.4 Å². The molecule has 0 spiro atoms. The number of nitrogens with two attached hydrogens (primary N) is 1. The molecule has 0 atom stereocenters. The maximum atomic E-state index is 11.3. The third kappa shape index (κ3) is 3.57. The molecule has 0 saturated carbocycles. The van der Waals surface area contributed by atoms with E-state index in [0.29, 0.717) is 10.8 Å². The van der Waals surface area contributed by atoms with Gasteiger partial charge in [0, 0.05) is 18.9 Å². The summed E-state index contributed by atoms with van der Waals surface area (Å²) in [4.78, 5) is 11.3. The van der Waals surface area contributed by atoms with Gasteiger partial charge in [0.1, 0.15) is 0 Å². The molecule has 0 aliphatic rings. The first-order valence-corrected chi connectivity index (χ1v) is 6.76. The fourth-order valence-electron chi connectivity index (χ4n) is 1.99. The number of hydrogen-bond acceptors (Lipinski definition) is 3. The summed E-state index contributed by atoms with van der Waals surface area (Å²) in [7, 11) is 1.71. The number of amides is 1. The molecule has 0 saturated heterocycles. The number of primary amides is 1. The highest BCUT2D eigenvalue weighted by atomic mass is 32.1. The Labute approximate surface area is 128 Å². The lowest BCUT2D eigenvalue weighted by Gasteiger charge is -2.12. The fourth-order valence-corrected chi connectivity index (χ4v) is 2.21. The summed E-state index contributed by atoms with van der Waals surface area (Å²) in [6, 6.07) is 6.01. The molecule has 2 aromatic rings. The van der Waals surface area contributed by atoms with Crippen LogP contribution >= 0.6 is 12.2 Å². The summed E-state index contributed by atoms with van der Waals surface area (Å²) in [5, 5.41) is 10.4. The number of aryl methyl sites for hydroxylation is 3. The Balaban J connectivity index is 2.13. The number of carbonyl (C=O) groups excluding carboxylic acids is 1. The van der Waals surface area contributed by atoms with E-state index in [1.807, 2.05) is 26.0 Å². The molecule has 6 nitrogen and oxygen atoms in total. The number of thiocarbonyl (C=S) groups is 1. The third-order valence-electron chi connectivity index (χ3n) is 2.94. The first kappa shape index (κ1) is 15.0. The maximum Gasteiger partial charge on any atom is 0.271 e. The monoisotopic (exact) mass is 303 g/mol. The van der Waals surface area contributed by atoms with Crippen molar-refractivity contribution in [1.29, 1.82) is 0 Å². The first-order valence-electron chi connectivity index (χ1n) is 6.35. The van der Waals surface area contributed by atoms with Crippen LogP contribution in [0.5, 0.6) is 0 Å². The molecule has 1 amide bonds. The zero-order valence-corrected chi connectivity index (χ0v) is 12.9. The summed E-state index contributed by atoms with van der Waals surface area (Å²) in [6.45, 7) is 4.03. The molecular formula is C14H17N5OS. The first-order chi connectivity index (χ1) is 9.86. The van der Waals surface area contributed by atoms with E-state index in [2.05, 4.69) is 21.8 Å². The quantitative estimate of drug-likeness (QED) is 0.755. The fraction of sp³-hybridized carbons (Fsp3) is 0.214. The van der Waals surface area contributed by atoms with Crippen LogP contribution in [0.1, 0.15) is 21.6 Å². The Hall–Kier alpha value is -2.41. The number of aromatic nitrogens is 2. The predicted octanol–water partition coefficient (Wildman–Crippen LogP) is 1.94. The van der Waals surface area contributed by atoms with Crippen molar-refractivity contribution in [2.45, 2.75) is 13.8 Å². The Morgan fingerprint density at radius 3 is 2.57 bits per heavy atom. The molecule has 0 bridgehead atoms. The number of rotatable bonds is 3. The SMILES string of the molecule is Cc1ccc(NC(=S)Nc2cn(C)nc2C(N)=O)c(C)c1. The van der Waals surface area contributed by atoms with Crippen molar-refractivity contribution in [2.75, 3.05) is 10.6 Å². The van der Waals surface area contributed by atoms with E-state index in [-0.39, 0.29) is 5.69 Å². The molecule has 1 aromatic heterocycles. The Morgan fingerprint density at radius 2 is 1.95 bits per heavy atom. The molecule has 0 aliphatic heterocycles. The lowest BCUT2D eigenvalue weighted by molar-refractivity contribution is 0.0995. The molecule has 110 valence electrons. The molecule has 0 unspecified atom stereocenters. The third-order valence-corrected chi connectivity index (χ3v) is 3.14. The van der Waals surface area contributed by atoms with E-state index < -0.39 is 5.91 Å². The van der Waals surface area contributed by atoms with E-state index in [9.17, 15) is 4.79 Å². The highest BCUT2D eigenvalue weighted by molar-refractivity contribution is 7.80.